The largest absolute Gasteiger partial charge is 0.462 e. The number of aliphatic hydroxyl groups is 2. The molecule has 6 atom stereocenters. The number of hydrogen-bond acceptors (Lipinski definition) is 10. The third-order valence-electron chi connectivity index (χ3n) is 4.97. The first-order valence-corrected chi connectivity index (χ1v) is 12.5. The van der Waals surface area contributed by atoms with E-state index in [1.54, 1.807) is 32.0 Å². The molecular formula is C22H30N3O10P. The van der Waals surface area contributed by atoms with Gasteiger partial charge in [-0.3, -0.25) is 23.7 Å². The van der Waals surface area contributed by atoms with Gasteiger partial charge in [0.1, 0.15) is 30.1 Å². The van der Waals surface area contributed by atoms with Crippen LogP contribution in [0, 0.1) is 6.92 Å². The first-order chi connectivity index (χ1) is 17.6. The van der Waals surface area contributed by atoms with E-state index in [1.165, 1.54) is 26.0 Å². The molecule has 14 heteroatoms. The van der Waals surface area contributed by atoms with Crippen molar-refractivity contribution in [2.24, 2.45) is 0 Å². The molecule has 1 aromatic heterocycles. The van der Waals surface area contributed by atoms with E-state index in [9.17, 15) is 29.2 Å². The summed E-state index contributed by atoms with van der Waals surface area (Å²) >= 11 is 0. The lowest BCUT2D eigenvalue weighted by molar-refractivity contribution is -0.149. The third kappa shape index (κ3) is 6.69. The minimum Gasteiger partial charge on any atom is -0.462 e. The maximum Gasteiger partial charge on any atom is 0.459 e. The molecule has 198 valence electrons. The monoisotopic (exact) mass is 529 g/mol. The van der Waals surface area contributed by atoms with Gasteiger partial charge in [-0.05, 0) is 39.8 Å². The van der Waals surface area contributed by atoms with Gasteiger partial charge >= 0.3 is 19.4 Å². The fourth-order valence-electron chi connectivity index (χ4n) is 3.20. The number of carbonyl (C=O) groups excluding carboxylic acids is 1. The molecule has 2 aromatic rings. The number of aromatic nitrogens is 2. The van der Waals surface area contributed by atoms with Gasteiger partial charge in [0.15, 0.2) is 6.23 Å². The molecule has 1 aliphatic heterocycles. The molecule has 0 amide bonds. The van der Waals surface area contributed by atoms with Crippen molar-refractivity contribution in [3.63, 3.8) is 0 Å². The summed E-state index contributed by atoms with van der Waals surface area (Å²) in [7, 11) is -4.75. The van der Waals surface area contributed by atoms with Gasteiger partial charge < -0.3 is 24.2 Å². The van der Waals surface area contributed by atoms with Crippen LogP contribution in [0.5, 0.6) is 5.75 Å². The number of esters is 1. The summed E-state index contributed by atoms with van der Waals surface area (Å²) in [5, 5.41) is 23.4. The van der Waals surface area contributed by atoms with E-state index >= 15 is 0 Å². The third-order valence-corrected chi connectivity index (χ3v) is 6.47. The van der Waals surface area contributed by atoms with Crippen LogP contribution in [0.15, 0.2) is 46.1 Å². The Morgan fingerprint density at radius 2 is 1.92 bits per heavy atom. The molecule has 0 radical (unpaired) electrons. The average Bonchev–Trinajstić information content (AvgIpc) is 3.11. The number of aryl methyl sites for hydroxylation is 1. The van der Waals surface area contributed by atoms with Crippen LogP contribution in [-0.4, -0.2) is 62.8 Å². The Labute approximate surface area is 209 Å². The lowest BCUT2D eigenvalue weighted by Crippen LogP contribution is -2.39. The van der Waals surface area contributed by atoms with Crippen molar-refractivity contribution in [3.8, 4) is 5.75 Å². The van der Waals surface area contributed by atoms with Crippen molar-refractivity contribution in [2.75, 3.05) is 6.56 Å². The van der Waals surface area contributed by atoms with Crippen LogP contribution >= 0.6 is 7.75 Å². The molecule has 1 fully saturated rings. The van der Waals surface area contributed by atoms with Crippen molar-refractivity contribution >= 4 is 13.7 Å². The number of para-hydroxylation sites is 1. The van der Waals surface area contributed by atoms with E-state index in [1.807, 2.05) is 4.98 Å². The van der Waals surface area contributed by atoms with E-state index in [0.717, 1.165) is 10.8 Å². The molecule has 2 heterocycles. The fraction of sp³-hybridized carbons (Fsp3) is 0.500. The summed E-state index contributed by atoms with van der Waals surface area (Å²) in [6, 6.07) is 6.31. The van der Waals surface area contributed by atoms with Gasteiger partial charge in [-0.2, -0.15) is 5.09 Å². The number of nitrogens with one attached hydrogen (secondary N) is 2. The summed E-state index contributed by atoms with van der Waals surface area (Å²) in [6.45, 7) is 2.79. The van der Waals surface area contributed by atoms with Crippen molar-refractivity contribution in [3.05, 3.63) is 62.9 Å². The number of benzene rings is 1. The standard InChI is InChI=1S/C22H30N3O10P/c1-12(2)33-21(29)14(4)24-36(31,35-15-8-6-5-7-9-15)32-11-16-17(26)18(27)20(34-16)25-10-13(3)19(28)23-22(25)30/h5-10,12,14,16-18,20,26-27H,11H2,1-4H3,(H,24,31)(H,23,28,30)/t14-,16-,17?,18+,20-,36-/m0/s1/i11D2. The summed E-state index contributed by atoms with van der Waals surface area (Å²) < 4.78 is 52.5. The smallest absolute Gasteiger partial charge is 0.459 e. The van der Waals surface area contributed by atoms with Crippen LogP contribution < -0.4 is 20.9 Å². The highest BCUT2D eigenvalue weighted by molar-refractivity contribution is 7.52. The molecule has 1 saturated heterocycles. The highest BCUT2D eigenvalue weighted by atomic mass is 31.2. The highest BCUT2D eigenvalue weighted by Crippen LogP contribution is 2.46. The van der Waals surface area contributed by atoms with Crippen molar-refractivity contribution in [1.82, 2.24) is 14.6 Å². The molecule has 1 unspecified atom stereocenters. The highest BCUT2D eigenvalue weighted by Gasteiger charge is 2.46. The lowest BCUT2D eigenvalue weighted by atomic mass is 10.1. The first-order valence-electron chi connectivity index (χ1n) is 12.0. The Balaban J connectivity index is 1.90. The minimum absolute atomic E-state index is 0.00428. The van der Waals surface area contributed by atoms with Crippen LogP contribution in [-0.2, 0) is 23.4 Å². The Hall–Kier alpha value is -2.80. The van der Waals surface area contributed by atoms with Crippen LogP contribution in [0.4, 0.5) is 0 Å². The molecule has 0 saturated carbocycles. The van der Waals surface area contributed by atoms with Gasteiger partial charge in [-0.25, -0.2) is 9.36 Å². The summed E-state index contributed by atoms with van der Waals surface area (Å²) in [4.78, 5) is 38.3. The minimum atomic E-state index is -4.75. The van der Waals surface area contributed by atoms with Gasteiger partial charge in [0, 0.05) is 11.8 Å². The van der Waals surface area contributed by atoms with Crippen LogP contribution in [0.3, 0.4) is 0 Å². The fourth-order valence-corrected chi connectivity index (χ4v) is 4.56. The second-order valence-corrected chi connectivity index (χ2v) is 9.97. The van der Waals surface area contributed by atoms with Gasteiger partial charge in [0.25, 0.3) is 5.56 Å². The quantitative estimate of drug-likeness (QED) is 0.250. The Morgan fingerprint density at radius 3 is 2.56 bits per heavy atom. The number of aliphatic hydroxyl groups excluding tert-OH is 2. The van der Waals surface area contributed by atoms with Crippen LogP contribution in [0.1, 0.15) is 35.3 Å². The summed E-state index contributed by atoms with van der Waals surface area (Å²) in [5.74, 6) is -0.814. The van der Waals surface area contributed by atoms with Crippen LogP contribution in [0.25, 0.3) is 0 Å². The molecule has 1 aromatic carbocycles. The topological polar surface area (TPSA) is 178 Å². The van der Waals surface area contributed by atoms with Crippen molar-refractivity contribution in [2.45, 2.75) is 64.4 Å². The number of hydrogen-bond donors (Lipinski definition) is 4. The Morgan fingerprint density at radius 1 is 1.25 bits per heavy atom. The molecule has 0 bridgehead atoms. The maximum absolute atomic E-state index is 13.7. The number of nitrogens with zero attached hydrogens (tertiary/aromatic N) is 1. The van der Waals surface area contributed by atoms with Crippen molar-refractivity contribution < 1.29 is 40.8 Å². The number of carbonyl (C=O) groups is 1. The van der Waals surface area contributed by atoms with Crippen molar-refractivity contribution in [1.29, 1.82) is 0 Å². The summed E-state index contributed by atoms with van der Waals surface area (Å²) in [5.41, 5.74) is -1.56. The zero-order valence-corrected chi connectivity index (χ0v) is 20.9. The van der Waals surface area contributed by atoms with E-state index in [4.69, 9.17) is 21.3 Å². The molecule has 3 rings (SSSR count). The van der Waals surface area contributed by atoms with Gasteiger partial charge in [-0.1, -0.05) is 18.2 Å². The zero-order valence-electron chi connectivity index (χ0n) is 22.0. The molecule has 36 heavy (non-hydrogen) atoms. The number of ether oxygens (including phenoxy) is 2. The molecule has 1 aliphatic rings. The van der Waals surface area contributed by atoms with E-state index < -0.39 is 68.2 Å². The number of rotatable bonds is 10. The zero-order chi connectivity index (χ0) is 28.4. The average molecular weight is 529 g/mol. The van der Waals surface area contributed by atoms with Gasteiger partial charge in [-0.15, -0.1) is 0 Å². The Kier molecular flexibility index (Phi) is 7.95. The first kappa shape index (κ1) is 24.9. The summed E-state index contributed by atoms with van der Waals surface area (Å²) in [6.07, 6.45) is -6.85. The Bertz CT molecular complexity index is 1300. The lowest BCUT2D eigenvalue weighted by Gasteiger charge is -2.25. The van der Waals surface area contributed by atoms with E-state index in [-0.39, 0.29) is 11.3 Å². The molecule has 4 N–H and O–H groups in total. The second-order valence-electron chi connectivity index (χ2n) is 8.35. The number of H-pyrrole nitrogens is 1. The molecule has 13 nitrogen and oxygen atoms in total. The van der Waals surface area contributed by atoms with E-state index in [2.05, 4.69) is 5.09 Å². The predicted octanol–water partition coefficient (Wildman–Crippen LogP) is 0.598. The second kappa shape index (κ2) is 11.5. The normalized spacial score (nSPS) is 25.5. The predicted molar refractivity (Wildman–Crippen MR) is 126 cm³/mol. The molecule has 0 spiro atoms. The molecular weight excluding hydrogens is 497 g/mol. The van der Waals surface area contributed by atoms with E-state index in [0.29, 0.717) is 0 Å². The SMILES string of the molecule is [2H]C([2H])(O[P@@](=O)(N[C@@H](C)C(=O)OC(C)C)Oc1ccccc1)[C@@H]1O[C@H](n2cc(C)c(=O)[nH]c2=O)[C@H](O)C1O. The molecule has 0 aliphatic carbocycles. The van der Waals surface area contributed by atoms with Crippen LogP contribution in [0.2, 0.25) is 0 Å². The van der Waals surface area contributed by atoms with Gasteiger partial charge in [0.05, 0.1) is 15.4 Å². The maximum atomic E-state index is 13.7. The number of aromatic amines is 1. The van der Waals surface area contributed by atoms with Gasteiger partial charge in [0.2, 0.25) is 0 Å².